The lowest BCUT2D eigenvalue weighted by molar-refractivity contribution is -0.115. The Kier molecular flexibility index (Phi) is 4.12. The van der Waals surface area contributed by atoms with E-state index < -0.39 is 0 Å². The normalized spacial score (nSPS) is 16.4. The molecule has 2 heterocycles. The van der Waals surface area contributed by atoms with Crippen LogP contribution in [0, 0.1) is 13.8 Å². The zero-order chi connectivity index (χ0) is 15.9. The number of halogens is 1. The van der Waals surface area contributed by atoms with Gasteiger partial charge in [0.15, 0.2) is 0 Å². The molecule has 2 aromatic rings. The second-order valence-electron chi connectivity index (χ2n) is 4.99. The molecule has 0 unspecified atom stereocenters. The summed E-state index contributed by atoms with van der Waals surface area (Å²) in [6.45, 7) is 4.07. The van der Waals surface area contributed by atoms with Crippen LogP contribution in [0.2, 0.25) is 5.02 Å². The molecule has 1 fully saturated rings. The van der Waals surface area contributed by atoms with Crippen LogP contribution in [0.5, 0.6) is 0 Å². The molecule has 1 aromatic carbocycles. The summed E-state index contributed by atoms with van der Waals surface area (Å²) in [7, 11) is 0. The summed E-state index contributed by atoms with van der Waals surface area (Å²) in [6.07, 6.45) is 1.88. The van der Waals surface area contributed by atoms with E-state index >= 15 is 0 Å². The van der Waals surface area contributed by atoms with Crippen molar-refractivity contribution in [1.29, 1.82) is 0 Å². The molecule has 0 aliphatic carbocycles. The molecule has 0 atom stereocenters. The van der Waals surface area contributed by atoms with Crippen molar-refractivity contribution in [2.45, 2.75) is 13.8 Å². The van der Waals surface area contributed by atoms with E-state index in [4.69, 9.17) is 23.8 Å². The van der Waals surface area contributed by atoms with Gasteiger partial charge in [0.2, 0.25) is 0 Å². The summed E-state index contributed by atoms with van der Waals surface area (Å²) < 4.78 is 2.64. The molecule has 6 heteroatoms. The third-order valence-corrected chi connectivity index (χ3v) is 4.90. The monoisotopic (exact) mass is 348 g/mol. The number of amides is 1. The summed E-state index contributed by atoms with van der Waals surface area (Å²) in [4.78, 5) is 12.4. The Morgan fingerprint density at radius 2 is 1.95 bits per heavy atom. The number of carbonyl (C=O) groups is 1. The number of thioether (sulfide) groups is 1. The van der Waals surface area contributed by atoms with E-state index in [0.717, 1.165) is 22.6 Å². The molecule has 0 radical (unpaired) electrons. The number of hydrogen-bond acceptors (Lipinski definition) is 3. The van der Waals surface area contributed by atoms with Crippen LogP contribution in [0.3, 0.4) is 0 Å². The van der Waals surface area contributed by atoms with Crippen molar-refractivity contribution < 1.29 is 4.79 Å². The standard InChI is InChI=1S/C16H13ClN2OS2/c1-9-7-11(8-14-15(20)18-16(21)22-14)10(2)19(9)13-5-3-12(17)4-6-13/h3-8H,1-2H3,(H,18,20,21)/b14-8-. The number of benzene rings is 1. The highest BCUT2D eigenvalue weighted by Crippen LogP contribution is 2.29. The number of hydrogen-bond donors (Lipinski definition) is 1. The molecule has 1 aliphatic rings. The fraction of sp³-hybridized carbons (Fsp3) is 0.125. The van der Waals surface area contributed by atoms with Gasteiger partial charge in [-0.3, -0.25) is 4.79 Å². The summed E-state index contributed by atoms with van der Waals surface area (Å²) in [5.74, 6) is -0.133. The molecule has 112 valence electrons. The molecular formula is C16H13ClN2OS2. The van der Waals surface area contributed by atoms with Crippen molar-refractivity contribution in [3.05, 3.63) is 57.2 Å². The minimum absolute atomic E-state index is 0.133. The highest BCUT2D eigenvalue weighted by atomic mass is 35.5. The molecule has 1 saturated heterocycles. The second-order valence-corrected chi connectivity index (χ2v) is 7.15. The van der Waals surface area contributed by atoms with Gasteiger partial charge in [0.05, 0.1) is 4.91 Å². The Morgan fingerprint density at radius 1 is 1.27 bits per heavy atom. The van der Waals surface area contributed by atoms with Crippen LogP contribution >= 0.6 is 35.6 Å². The first-order valence-corrected chi connectivity index (χ1v) is 8.26. The SMILES string of the molecule is Cc1cc(/C=C2\SC(=S)NC2=O)c(C)n1-c1ccc(Cl)cc1. The quantitative estimate of drug-likeness (QED) is 0.651. The largest absolute Gasteiger partial charge is 0.318 e. The van der Waals surface area contributed by atoms with Crippen molar-refractivity contribution >= 4 is 51.9 Å². The highest BCUT2D eigenvalue weighted by Gasteiger charge is 2.22. The highest BCUT2D eigenvalue weighted by molar-refractivity contribution is 8.26. The molecule has 3 nitrogen and oxygen atoms in total. The molecule has 22 heavy (non-hydrogen) atoms. The predicted molar refractivity (Wildman–Crippen MR) is 96.6 cm³/mol. The number of thiocarbonyl (C=S) groups is 1. The van der Waals surface area contributed by atoms with Crippen LogP contribution in [0.4, 0.5) is 0 Å². The van der Waals surface area contributed by atoms with E-state index in [9.17, 15) is 4.79 Å². The Labute approximate surface area is 143 Å². The summed E-state index contributed by atoms with van der Waals surface area (Å²) >= 11 is 12.3. The maximum Gasteiger partial charge on any atom is 0.263 e. The minimum atomic E-state index is -0.133. The Bertz CT molecular complexity index is 806. The maximum atomic E-state index is 11.8. The molecule has 1 amide bonds. The van der Waals surface area contributed by atoms with Gasteiger partial charge >= 0.3 is 0 Å². The number of carbonyl (C=O) groups excluding carboxylic acids is 1. The van der Waals surface area contributed by atoms with Crippen LogP contribution in [-0.2, 0) is 4.79 Å². The first-order chi connectivity index (χ1) is 10.5. The molecule has 3 rings (SSSR count). The van der Waals surface area contributed by atoms with Gasteiger partial charge in [0.1, 0.15) is 4.32 Å². The Balaban J connectivity index is 2.04. The first kappa shape index (κ1) is 15.3. The number of aryl methyl sites for hydroxylation is 1. The van der Waals surface area contributed by atoms with E-state index in [1.165, 1.54) is 11.8 Å². The molecule has 0 saturated carbocycles. The van der Waals surface area contributed by atoms with E-state index in [0.29, 0.717) is 14.2 Å². The number of rotatable bonds is 2. The van der Waals surface area contributed by atoms with Crippen molar-refractivity contribution in [1.82, 2.24) is 9.88 Å². The average molecular weight is 349 g/mol. The van der Waals surface area contributed by atoms with Gasteiger partial charge in [-0.05, 0) is 55.8 Å². The predicted octanol–water partition coefficient (Wildman–Crippen LogP) is 4.24. The van der Waals surface area contributed by atoms with E-state index in [2.05, 4.69) is 16.0 Å². The first-order valence-electron chi connectivity index (χ1n) is 6.65. The summed E-state index contributed by atoms with van der Waals surface area (Å²) in [5.41, 5.74) is 4.22. The van der Waals surface area contributed by atoms with Crippen LogP contribution < -0.4 is 5.32 Å². The van der Waals surface area contributed by atoms with Gasteiger partial charge in [-0.25, -0.2) is 0 Å². The summed E-state index contributed by atoms with van der Waals surface area (Å²) in [5, 5.41) is 3.34. The summed E-state index contributed by atoms with van der Waals surface area (Å²) in [6, 6.07) is 9.75. The number of nitrogens with one attached hydrogen (secondary N) is 1. The zero-order valence-corrected chi connectivity index (χ0v) is 14.4. The lowest BCUT2D eigenvalue weighted by Gasteiger charge is -2.09. The minimum Gasteiger partial charge on any atom is -0.318 e. The van der Waals surface area contributed by atoms with Gasteiger partial charge in [-0.2, -0.15) is 0 Å². The smallest absolute Gasteiger partial charge is 0.263 e. The van der Waals surface area contributed by atoms with Gasteiger partial charge in [0.25, 0.3) is 5.91 Å². The second kappa shape index (κ2) is 5.91. The number of nitrogens with zero attached hydrogens (tertiary/aromatic N) is 1. The number of aromatic nitrogens is 1. The molecule has 0 bridgehead atoms. The van der Waals surface area contributed by atoms with Crippen LogP contribution in [-0.4, -0.2) is 14.8 Å². The fourth-order valence-electron chi connectivity index (χ4n) is 2.48. The van der Waals surface area contributed by atoms with Crippen molar-refractivity contribution in [3.63, 3.8) is 0 Å². The Morgan fingerprint density at radius 3 is 2.55 bits per heavy atom. The van der Waals surface area contributed by atoms with Crippen LogP contribution in [0.25, 0.3) is 11.8 Å². The van der Waals surface area contributed by atoms with Crippen molar-refractivity contribution in [3.8, 4) is 5.69 Å². The lowest BCUT2D eigenvalue weighted by Crippen LogP contribution is -2.17. The topological polar surface area (TPSA) is 34.0 Å². The molecule has 0 spiro atoms. The van der Waals surface area contributed by atoms with Gasteiger partial charge in [0, 0.05) is 22.1 Å². The van der Waals surface area contributed by atoms with Crippen molar-refractivity contribution in [2.75, 3.05) is 0 Å². The molecule has 1 aliphatic heterocycles. The maximum absolute atomic E-state index is 11.8. The zero-order valence-electron chi connectivity index (χ0n) is 12.0. The van der Waals surface area contributed by atoms with E-state index in [-0.39, 0.29) is 5.91 Å². The van der Waals surface area contributed by atoms with E-state index in [1.54, 1.807) is 0 Å². The van der Waals surface area contributed by atoms with Crippen LogP contribution in [0.15, 0.2) is 35.2 Å². The van der Waals surface area contributed by atoms with Gasteiger partial charge < -0.3 is 9.88 Å². The third-order valence-electron chi connectivity index (χ3n) is 3.48. The van der Waals surface area contributed by atoms with Crippen molar-refractivity contribution in [2.24, 2.45) is 0 Å². The van der Waals surface area contributed by atoms with E-state index in [1.807, 2.05) is 44.2 Å². The molecule has 1 N–H and O–H groups in total. The van der Waals surface area contributed by atoms with Gasteiger partial charge in [-0.1, -0.05) is 35.6 Å². The molecule has 1 aromatic heterocycles. The lowest BCUT2D eigenvalue weighted by atomic mass is 10.2. The van der Waals surface area contributed by atoms with Crippen LogP contribution in [0.1, 0.15) is 17.0 Å². The molecular weight excluding hydrogens is 336 g/mol. The Hall–Kier alpha value is -1.56. The fourth-order valence-corrected chi connectivity index (χ4v) is 3.64. The average Bonchev–Trinajstić information content (AvgIpc) is 2.92. The van der Waals surface area contributed by atoms with Gasteiger partial charge in [-0.15, -0.1) is 0 Å². The third kappa shape index (κ3) is 2.84.